The number of amides is 4. The van der Waals surface area contributed by atoms with Gasteiger partial charge in [0.15, 0.2) is 0 Å². The molecule has 4 amide bonds. The van der Waals surface area contributed by atoms with E-state index in [0.29, 0.717) is 12.8 Å². The molecule has 0 aromatic rings. The van der Waals surface area contributed by atoms with E-state index in [-0.39, 0.29) is 36.8 Å². The molecule has 0 aliphatic carbocycles. The molecule has 0 radical (unpaired) electrons. The Morgan fingerprint density at radius 3 is 2.55 bits per heavy atom. The molecule has 3 N–H and O–H groups in total. The van der Waals surface area contributed by atoms with Gasteiger partial charge >= 0.3 is 6.03 Å². The van der Waals surface area contributed by atoms with Crippen molar-refractivity contribution in [2.45, 2.75) is 51.1 Å². The molecule has 0 bridgehead atoms. The highest BCUT2D eigenvalue weighted by Gasteiger charge is 2.49. The normalized spacial score (nSPS) is 23.7. The number of rotatable bonds is 5. The predicted octanol–water partition coefficient (Wildman–Crippen LogP) is 0.387. The number of urea groups is 1. The van der Waals surface area contributed by atoms with E-state index < -0.39 is 11.6 Å². The first-order valence-corrected chi connectivity index (χ1v) is 7.66. The smallest absolute Gasteiger partial charge is 0.325 e. The molecule has 2 fully saturated rings. The van der Waals surface area contributed by atoms with Crippen LogP contribution in [-0.4, -0.2) is 54.0 Å². The van der Waals surface area contributed by atoms with E-state index in [1.54, 1.807) is 0 Å². The number of carbonyl (C=O) groups excluding carboxylic acids is 3. The van der Waals surface area contributed by atoms with Crippen molar-refractivity contribution in [3.05, 3.63) is 0 Å². The predicted molar refractivity (Wildman–Crippen MR) is 84.8 cm³/mol. The van der Waals surface area contributed by atoms with Gasteiger partial charge in [0.1, 0.15) is 12.1 Å². The van der Waals surface area contributed by atoms with E-state index in [9.17, 15) is 14.4 Å². The van der Waals surface area contributed by atoms with Gasteiger partial charge in [0.25, 0.3) is 5.91 Å². The van der Waals surface area contributed by atoms with Crippen molar-refractivity contribution in [3.8, 4) is 0 Å². The Labute approximate surface area is 137 Å². The van der Waals surface area contributed by atoms with Crippen LogP contribution in [0.5, 0.6) is 0 Å². The third kappa shape index (κ3) is 3.70. The molecule has 0 saturated carbocycles. The molecule has 2 saturated heterocycles. The second-order valence-electron chi connectivity index (χ2n) is 5.72. The van der Waals surface area contributed by atoms with Gasteiger partial charge in [0.2, 0.25) is 5.91 Å². The minimum Gasteiger partial charge on any atom is -0.351 e. The van der Waals surface area contributed by atoms with Gasteiger partial charge in [-0.2, -0.15) is 0 Å². The van der Waals surface area contributed by atoms with Crippen LogP contribution in [0.1, 0.15) is 39.5 Å². The van der Waals surface area contributed by atoms with Crippen molar-refractivity contribution < 1.29 is 14.4 Å². The Hall–Kier alpha value is -1.34. The fourth-order valence-corrected chi connectivity index (χ4v) is 2.94. The summed E-state index contributed by atoms with van der Waals surface area (Å²) >= 11 is 0. The lowest BCUT2D eigenvalue weighted by Gasteiger charge is -2.25. The second kappa shape index (κ2) is 7.78. The van der Waals surface area contributed by atoms with Crippen molar-refractivity contribution in [3.63, 3.8) is 0 Å². The molecule has 8 heteroatoms. The minimum atomic E-state index is -0.843. The summed E-state index contributed by atoms with van der Waals surface area (Å²) < 4.78 is 0. The topological polar surface area (TPSA) is 90.5 Å². The Kier molecular flexibility index (Phi) is 6.62. The SMILES string of the molecule is CCC1(CC)NC(=O)N(CC(=O)N[C@H]2CCCNC2)C1=O.Cl. The number of imide groups is 1. The van der Waals surface area contributed by atoms with Gasteiger partial charge in [0.05, 0.1) is 0 Å². The molecule has 7 nitrogen and oxygen atoms in total. The summed E-state index contributed by atoms with van der Waals surface area (Å²) in [7, 11) is 0. The lowest BCUT2D eigenvalue weighted by molar-refractivity contribution is -0.135. The average molecular weight is 333 g/mol. The van der Waals surface area contributed by atoms with Gasteiger partial charge < -0.3 is 16.0 Å². The first-order chi connectivity index (χ1) is 10.0. The second-order valence-corrected chi connectivity index (χ2v) is 5.72. The fourth-order valence-electron chi connectivity index (χ4n) is 2.94. The van der Waals surface area contributed by atoms with Crippen LogP contribution in [0.15, 0.2) is 0 Å². The lowest BCUT2D eigenvalue weighted by atomic mass is 9.93. The number of halogens is 1. The van der Waals surface area contributed by atoms with Crippen LogP contribution in [-0.2, 0) is 9.59 Å². The van der Waals surface area contributed by atoms with Gasteiger partial charge in [-0.15, -0.1) is 12.4 Å². The third-order valence-corrected chi connectivity index (χ3v) is 4.42. The summed E-state index contributed by atoms with van der Waals surface area (Å²) in [6.07, 6.45) is 2.99. The monoisotopic (exact) mass is 332 g/mol. The zero-order valence-corrected chi connectivity index (χ0v) is 13.9. The number of piperidine rings is 1. The molecule has 22 heavy (non-hydrogen) atoms. The molecule has 2 aliphatic rings. The zero-order chi connectivity index (χ0) is 15.5. The standard InChI is InChI=1S/C14H24N4O3.ClH/c1-3-14(4-2)12(20)18(13(21)17-14)9-11(19)16-10-6-5-7-15-8-10;/h10,15H,3-9H2,1-2H3,(H,16,19)(H,17,21);1H/t10-;/m0./s1. The molecule has 2 rings (SSSR count). The van der Waals surface area contributed by atoms with Crippen LogP contribution in [0.4, 0.5) is 4.79 Å². The summed E-state index contributed by atoms with van der Waals surface area (Å²) in [5.41, 5.74) is -0.843. The quantitative estimate of drug-likeness (QED) is 0.635. The van der Waals surface area contributed by atoms with E-state index in [0.717, 1.165) is 30.8 Å². The number of nitrogens with zero attached hydrogens (tertiary/aromatic N) is 1. The summed E-state index contributed by atoms with van der Waals surface area (Å²) in [6.45, 7) is 5.22. The van der Waals surface area contributed by atoms with Crippen LogP contribution in [0.2, 0.25) is 0 Å². The van der Waals surface area contributed by atoms with Crippen molar-refractivity contribution in [2.24, 2.45) is 0 Å². The minimum absolute atomic E-state index is 0. The van der Waals surface area contributed by atoms with Crippen LogP contribution < -0.4 is 16.0 Å². The number of nitrogens with one attached hydrogen (secondary N) is 3. The number of hydrogen-bond acceptors (Lipinski definition) is 4. The third-order valence-electron chi connectivity index (χ3n) is 4.42. The summed E-state index contributed by atoms with van der Waals surface area (Å²) in [5, 5.41) is 8.80. The first kappa shape index (κ1) is 18.7. The van der Waals surface area contributed by atoms with E-state index in [2.05, 4.69) is 16.0 Å². The fraction of sp³-hybridized carbons (Fsp3) is 0.786. The Bertz CT molecular complexity index is 434. The Balaban J connectivity index is 0.00000242. The largest absolute Gasteiger partial charge is 0.351 e. The molecule has 0 aromatic heterocycles. The number of carbonyl (C=O) groups is 3. The Morgan fingerprint density at radius 2 is 2.05 bits per heavy atom. The maximum atomic E-state index is 12.4. The van der Waals surface area contributed by atoms with Gasteiger partial charge in [-0.3, -0.25) is 14.5 Å². The first-order valence-electron chi connectivity index (χ1n) is 7.66. The van der Waals surface area contributed by atoms with E-state index in [1.165, 1.54) is 0 Å². The highest BCUT2D eigenvalue weighted by molar-refractivity contribution is 6.08. The van der Waals surface area contributed by atoms with Crippen LogP contribution in [0, 0.1) is 0 Å². The maximum Gasteiger partial charge on any atom is 0.325 e. The van der Waals surface area contributed by atoms with Crippen molar-refractivity contribution >= 4 is 30.3 Å². The lowest BCUT2D eigenvalue weighted by Crippen LogP contribution is -2.50. The molecular formula is C14H25ClN4O3. The van der Waals surface area contributed by atoms with Crippen molar-refractivity contribution in [2.75, 3.05) is 19.6 Å². The maximum absolute atomic E-state index is 12.4. The van der Waals surface area contributed by atoms with Gasteiger partial charge in [0, 0.05) is 12.6 Å². The van der Waals surface area contributed by atoms with Gasteiger partial charge in [-0.05, 0) is 32.2 Å². The summed E-state index contributed by atoms with van der Waals surface area (Å²) in [6, 6.07) is -0.394. The molecule has 0 aromatic carbocycles. The number of hydrogen-bond donors (Lipinski definition) is 3. The molecule has 126 valence electrons. The zero-order valence-electron chi connectivity index (χ0n) is 13.1. The molecular weight excluding hydrogens is 308 g/mol. The van der Waals surface area contributed by atoms with Crippen LogP contribution >= 0.6 is 12.4 Å². The summed E-state index contributed by atoms with van der Waals surface area (Å²) in [4.78, 5) is 37.4. The molecule has 1 atom stereocenters. The van der Waals surface area contributed by atoms with Crippen molar-refractivity contribution in [1.29, 1.82) is 0 Å². The van der Waals surface area contributed by atoms with Crippen LogP contribution in [0.25, 0.3) is 0 Å². The molecule has 0 unspecified atom stereocenters. The highest BCUT2D eigenvalue weighted by atomic mass is 35.5. The van der Waals surface area contributed by atoms with Gasteiger partial charge in [-0.25, -0.2) is 4.79 Å². The van der Waals surface area contributed by atoms with E-state index >= 15 is 0 Å². The van der Waals surface area contributed by atoms with E-state index in [1.807, 2.05) is 13.8 Å². The molecule has 2 heterocycles. The molecule has 0 spiro atoms. The van der Waals surface area contributed by atoms with Gasteiger partial charge in [-0.1, -0.05) is 13.8 Å². The summed E-state index contributed by atoms with van der Waals surface area (Å²) in [5.74, 6) is -0.579. The van der Waals surface area contributed by atoms with Crippen LogP contribution in [0.3, 0.4) is 0 Å². The molecule has 2 aliphatic heterocycles. The highest BCUT2D eigenvalue weighted by Crippen LogP contribution is 2.24. The Morgan fingerprint density at radius 1 is 1.36 bits per heavy atom. The van der Waals surface area contributed by atoms with E-state index in [4.69, 9.17) is 0 Å². The van der Waals surface area contributed by atoms with Crippen molar-refractivity contribution in [1.82, 2.24) is 20.9 Å². The average Bonchev–Trinajstić information content (AvgIpc) is 2.73.